The summed E-state index contributed by atoms with van der Waals surface area (Å²) in [7, 11) is 0. The van der Waals surface area contributed by atoms with E-state index < -0.39 is 11.8 Å². The first-order valence-corrected chi connectivity index (χ1v) is 11.5. The zero-order valence-corrected chi connectivity index (χ0v) is 18.9. The molecule has 0 saturated heterocycles. The number of ketones is 1. The fourth-order valence-electron chi connectivity index (χ4n) is 3.15. The maximum atomic E-state index is 10.8. The van der Waals surface area contributed by atoms with Crippen LogP contribution in [0.5, 0.6) is 0 Å². The number of rotatable bonds is 13. The van der Waals surface area contributed by atoms with Crippen molar-refractivity contribution in [2.45, 2.75) is 77.6 Å². The van der Waals surface area contributed by atoms with Crippen LogP contribution in [-0.4, -0.2) is 16.9 Å². The molecule has 0 aliphatic carbocycles. The maximum absolute atomic E-state index is 10.8. The number of aliphatic carboxylic acids is 1. The van der Waals surface area contributed by atoms with E-state index in [-0.39, 0.29) is 6.42 Å². The van der Waals surface area contributed by atoms with Gasteiger partial charge >= 0.3 is 5.97 Å². The van der Waals surface area contributed by atoms with Crippen molar-refractivity contribution in [2.75, 3.05) is 0 Å². The molecule has 0 amide bonds. The molecule has 0 bridgehead atoms. The molecule has 0 aliphatic rings. The number of benzene rings is 2. The van der Waals surface area contributed by atoms with Crippen LogP contribution in [0.4, 0.5) is 0 Å². The van der Waals surface area contributed by atoms with E-state index in [2.05, 4.69) is 19.1 Å². The number of hydrogen-bond acceptors (Lipinski definition) is 2. The van der Waals surface area contributed by atoms with Crippen molar-refractivity contribution in [1.82, 2.24) is 0 Å². The van der Waals surface area contributed by atoms with Gasteiger partial charge in [-0.2, -0.15) is 0 Å². The highest BCUT2D eigenvalue weighted by Gasteiger charge is 2.09. The second kappa shape index (κ2) is 16.6. The molecule has 1 N–H and O–H groups in total. The van der Waals surface area contributed by atoms with Crippen LogP contribution in [0.3, 0.4) is 0 Å². The minimum atomic E-state index is -1.29. The molecule has 0 unspecified atom stereocenters. The van der Waals surface area contributed by atoms with E-state index >= 15 is 0 Å². The lowest BCUT2D eigenvalue weighted by atomic mass is 10.1. The van der Waals surface area contributed by atoms with Gasteiger partial charge in [-0.25, -0.2) is 4.79 Å². The Bertz CT molecular complexity index is 711. The number of carbonyl (C=O) groups excluding carboxylic acids is 1. The van der Waals surface area contributed by atoms with Gasteiger partial charge in [0.05, 0.1) is 0 Å². The largest absolute Gasteiger partial charge is 0.476 e. The molecule has 0 fully saturated rings. The van der Waals surface area contributed by atoms with Gasteiger partial charge in [-0.05, 0) is 29.7 Å². The Kier molecular flexibility index (Phi) is 14.4. The average Bonchev–Trinajstić information content (AvgIpc) is 2.76. The molecule has 0 spiro atoms. The van der Waals surface area contributed by atoms with Gasteiger partial charge in [0.2, 0.25) is 5.78 Å². The summed E-state index contributed by atoms with van der Waals surface area (Å²) in [5.74, 6) is -1.94. The Labute approximate surface area is 186 Å². The molecule has 2 aromatic rings. The third kappa shape index (κ3) is 12.4. The van der Waals surface area contributed by atoms with Gasteiger partial charge in [-0.3, -0.25) is 4.79 Å². The van der Waals surface area contributed by atoms with E-state index in [0.29, 0.717) is 0 Å². The lowest BCUT2D eigenvalue weighted by Crippen LogP contribution is -2.11. The standard InChI is InChI=1S/C14H26O3.C12H9Cl/c1-2-3-4-5-6-7-8-9-10-11-12-13(15)14(16)17;13-12-8-6-11(7-9-12)10-4-2-1-3-5-10/h2-12H2,1H3,(H,16,17);1-9H. The topological polar surface area (TPSA) is 54.4 Å². The molecule has 3 nitrogen and oxygen atoms in total. The van der Waals surface area contributed by atoms with E-state index in [0.717, 1.165) is 24.3 Å². The van der Waals surface area contributed by atoms with Crippen LogP contribution in [0.25, 0.3) is 11.1 Å². The second-order valence-corrected chi connectivity index (χ2v) is 7.97. The molecule has 0 aromatic heterocycles. The first-order chi connectivity index (χ1) is 14.5. The van der Waals surface area contributed by atoms with Crippen molar-refractivity contribution in [3.63, 3.8) is 0 Å². The van der Waals surface area contributed by atoms with Crippen molar-refractivity contribution in [3.05, 3.63) is 59.6 Å². The van der Waals surface area contributed by atoms with Gasteiger partial charge in [-0.15, -0.1) is 0 Å². The number of carboxylic acid groups (broad SMARTS) is 1. The number of halogens is 1. The van der Waals surface area contributed by atoms with Gasteiger partial charge in [0.1, 0.15) is 0 Å². The normalized spacial score (nSPS) is 10.2. The fraction of sp³-hybridized carbons (Fsp3) is 0.462. The molecular weight excluding hydrogens is 396 g/mol. The van der Waals surface area contributed by atoms with Crippen molar-refractivity contribution in [3.8, 4) is 11.1 Å². The Morgan fingerprint density at radius 3 is 1.67 bits per heavy atom. The monoisotopic (exact) mass is 430 g/mol. The molecule has 164 valence electrons. The summed E-state index contributed by atoms with van der Waals surface area (Å²) < 4.78 is 0. The molecule has 0 saturated carbocycles. The summed E-state index contributed by atoms with van der Waals surface area (Å²) in [5, 5.41) is 9.15. The second-order valence-electron chi connectivity index (χ2n) is 7.53. The smallest absolute Gasteiger partial charge is 0.372 e. The van der Waals surface area contributed by atoms with Crippen LogP contribution < -0.4 is 0 Å². The molecule has 4 heteroatoms. The van der Waals surface area contributed by atoms with Crippen molar-refractivity contribution >= 4 is 23.4 Å². The van der Waals surface area contributed by atoms with Crippen LogP contribution in [-0.2, 0) is 9.59 Å². The summed E-state index contributed by atoms with van der Waals surface area (Å²) >= 11 is 5.80. The van der Waals surface area contributed by atoms with E-state index in [4.69, 9.17) is 16.7 Å². The Balaban J connectivity index is 0.000000308. The Hall–Kier alpha value is -2.13. The van der Waals surface area contributed by atoms with E-state index in [1.54, 1.807) is 0 Å². The summed E-state index contributed by atoms with van der Waals surface area (Å²) in [4.78, 5) is 21.0. The van der Waals surface area contributed by atoms with Crippen LogP contribution in [0.15, 0.2) is 54.6 Å². The first-order valence-electron chi connectivity index (χ1n) is 11.1. The number of carboxylic acids is 1. The minimum Gasteiger partial charge on any atom is -0.476 e. The Morgan fingerprint density at radius 1 is 0.700 bits per heavy atom. The molecule has 0 aliphatic heterocycles. The number of unbranched alkanes of at least 4 members (excludes halogenated alkanes) is 9. The summed E-state index contributed by atoms with van der Waals surface area (Å²) in [6.07, 6.45) is 12.2. The highest BCUT2D eigenvalue weighted by molar-refractivity contribution is 6.32. The highest BCUT2D eigenvalue weighted by atomic mass is 35.5. The van der Waals surface area contributed by atoms with Crippen LogP contribution in [0, 0.1) is 0 Å². The quantitative estimate of drug-likeness (QED) is 0.259. The molecule has 0 atom stereocenters. The molecule has 30 heavy (non-hydrogen) atoms. The summed E-state index contributed by atoms with van der Waals surface area (Å²) in [6.45, 7) is 2.22. The summed E-state index contributed by atoms with van der Waals surface area (Å²) in [6, 6.07) is 18.1. The lowest BCUT2D eigenvalue weighted by Gasteiger charge is -2.01. The van der Waals surface area contributed by atoms with Gasteiger partial charge in [-0.1, -0.05) is 119 Å². The van der Waals surface area contributed by atoms with E-state index in [1.807, 2.05) is 42.5 Å². The van der Waals surface area contributed by atoms with E-state index in [9.17, 15) is 9.59 Å². The van der Waals surface area contributed by atoms with Gasteiger partial charge in [0.15, 0.2) is 0 Å². The number of Topliss-reactive ketones (excluding diaryl/α,β-unsaturated/α-hetero) is 1. The van der Waals surface area contributed by atoms with Gasteiger partial charge < -0.3 is 5.11 Å². The molecular formula is C26H35ClO3. The molecule has 0 radical (unpaired) electrons. The number of hydrogen-bond donors (Lipinski definition) is 1. The maximum Gasteiger partial charge on any atom is 0.372 e. The lowest BCUT2D eigenvalue weighted by molar-refractivity contribution is -0.149. The third-order valence-corrected chi connectivity index (χ3v) is 5.20. The highest BCUT2D eigenvalue weighted by Crippen LogP contribution is 2.20. The number of carbonyl (C=O) groups is 2. The van der Waals surface area contributed by atoms with Crippen molar-refractivity contribution in [2.24, 2.45) is 0 Å². The summed E-state index contributed by atoms with van der Waals surface area (Å²) in [5.41, 5.74) is 2.42. The van der Waals surface area contributed by atoms with Crippen molar-refractivity contribution in [1.29, 1.82) is 0 Å². The predicted molar refractivity (Wildman–Crippen MR) is 126 cm³/mol. The SMILES string of the molecule is CCCCCCCCCCCCC(=O)C(=O)O.Clc1ccc(-c2ccccc2)cc1. The Morgan fingerprint density at radius 2 is 1.17 bits per heavy atom. The fourth-order valence-corrected chi connectivity index (χ4v) is 3.28. The third-order valence-electron chi connectivity index (χ3n) is 4.95. The molecule has 0 heterocycles. The molecule has 2 rings (SSSR count). The average molecular weight is 431 g/mol. The van der Waals surface area contributed by atoms with Gasteiger partial charge in [0.25, 0.3) is 0 Å². The minimum absolute atomic E-state index is 0.200. The van der Waals surface area contributed by atoms with Crippen LogP contribution >= 0.6 is 11.6 Å². The zero-order chi connectivity index (χ0) is 22.0. The van der Waals surface area contributed by atoms with E-state index in [1.165, 1.54) is 56.1 Å². The van der Waals surface area contributed by atoms with Crippen molar-refractivity contribution < 1.29 is 14.7 Å². The predicted octanol–water partition coefficient (Wildman–Crippen LogP) is 7.96. The molecule has 2 aromatic carbocycles. The zero-order valence-electron chi connectivity index (χ0n) is 18.1. The first kappa shape index (κ1) is 25.9. The van der Waals surface area contributed by atoms with Gasteiger partial charge in [0, 0.05) is 11.4 Å². The van der Waals surface area contributed by atoms with Crippen LogP contribution in [0.2, 0.25) is 5.02 Å². The van der Waals surface area contributed by atoms with Crippen LogP contribution in [0.1, 0.15) is 77.6 Å².